The van der Waals surface area contributed by atoms with Crippen LogP contribution in [0.4, 0.5) is 0 Å². The normalized spacial score (nSPS) is 10.2. The van der Waals surface area contributed by atoms with Crippen LogP contribution >= 0.6 is 11.6 Å². The number of hydrogen-bond donors (Lipinski definition) is 0. The maximum atomic E-state index is 5.89. The second-order valence-corrected chi connectivity index (χ2v) is 3.22. The van der Waals surface area contributed by atoms with Gasteiger partial charge in [-0.2, -0.15) is 0 Å². The monoisotopic (exact) mass is 192 g/mol. The molecule has 0 N–H and O–H groups in total. The van der Waals surface area contributed by atoms with Gasteiger partial charge in [0.25, 0.3) is 0 Å². The maximum Gasteiger partial charge on any atom is 0.128 e. The Hall–Kier alpha value is -1.28. The Morgan fingerprint density at radius 3 is 2.62 bits per heavy atom. The second-order valence-electron chi connectivity index (χ2n) is 2.83. The average molecular weight is 193 g/mol. The van der Waals surface area contributed by atoms with Gasteiger partial charge in [-0.1, -0.05) is 41.9 Å². The molecule has 0 unspecified atom stereocenters. The van der Waals surface area contributed by atoms with Gasteiger partial charge in [-0.15, -0.1) is 0 Å². The summed E-state index contributed by atoms with van der Waals surface area (Å²) in [5, 5.41) is 0.670. The number of imidazole rings is 1. The first kappa shape index (κ1) is 8.32. The van der Waals surface area contributed by atoms with Gasteiger partial charge in [0.15, 0.2) is 0 Å². The van der Waals surface area contributed by atoms with Gasteiger partial charge in [0.1, 0.15) is 5.15 Å². The summed E-state index contributed by atoms with van der Waals surface area (Å²) in [7, 11) is 0. The Morgan fingerprint density at radius 1 is 1.23 bits per heavy atom. The largest absolute Gasteiger partial charge is 0.317 e. The third kappa shape index (κ3) is 1.90. The van der Waals surface area contributed by atoms with Crippen molar-refractivity contribution >= 4 is 11.6 Å². The highest BCUT2D eigenvalue weighted by molar-refractivity contribution is 6.29. The smallest absolute Gasteiger partial charge is 0.128 e. The molecule has 2 nitrogen and oxygen atoms in total. The van der Waals surface area contributed by atoms with E-state index in [1.807, 2.05) is 22.8 Å². The predicted molar refractivity (Wildman–Crippen MR) is 52.8 cm³/mol. The highest BCUT2D eigenvalue weighted by Gasteiger charge is 1.98. The van der Waals surface area contributed by atoms with Crippen molar-refractivity contribution in [2.45, 2.75) is 6.54 Å². The molecule has 1 aromatic heterocycles. The summed E-state index contributed by atoms with van der Waals surface area (Å²) in [6.45, 7) is 0.777. The van der Waals surface area contributed by atoms with Gasteiger partial charge in [0.05, 0.1) is 12.5 Å². The molecule has 66 valence electrons. The summed E-state index contributed by atoms with van der Waals surface area (Å²) >= 11 is 5.89. The number of rotatable bonds is 2. The Bertz CT molecular complexity index is 381. The van der Waals surface area contributed by atoms with Crippen LogP contribution in [-0.2, 0) is 6.54 Å². The van der Waals surface area contributed by atoms with E-state index in [9.17, 15) is 0 Å². The highest BCUT2D eigenvalue weighted by Crippen LogP contribution is 2.09. The first-order chi connectivity index (χ1) is 6.36. The van der Waals surface area contributed by atoms with E-state index in [1.165, 1.54) is 5.56 Å². The van der Waals surface area contributed by atoms with Crippen LogP contribution < -0.4 is 0 Å². The predicted octanol–water partition coefficient (Wildman–Crippen LogP) is 2.58. The van der Waals surface area contributed by atoms with Crippen molar-refractivity contribution in [3.8, 4) is 0 Å². The average Bonchev–Trinajstić information content (AvgIpc) is 2.54. The van der Waals surface area contributed by atoms with Crippen LogP contribution in [-0.4, -0.2) is 9.55 Å². The minimum Gasteiger partial charge on any atom is -0.317 e. The van der Waals surface area contributed by atoms with Crippen LogP contribution in [0.2, 0.25) is 5.15 Å². The molecule has 0 radical (unpaired) electrons. The van der Waals surface area contributed by atoms with E-state index in [-0.39, 0.29) is 0 Å². The zero-order chi connectivity index (χ0) is 9.10. The summed E-state index contributed by atoms with van der Waals surface area (Å²) < 4.78 is 1.90. The van der Waals surface area contributed by atoms with Crippen molar-refractivity contribution in [1.29, 1.82) is 0 Å². The van der Waals surface area contributed by atoms with E-state index in [0.717, 1.165) is 6.54 Å². The molecule has 0 saturated heterocycles. The van der Waals surface area contributed by atoms with Crippen molar-refractivity contribution in [3.05, 3.63) is 53.6 Å². The molecule has 0 saturated carbocycles. The molecule has 0 spiro atoms. The molecular formula is C10H9ClN2. The third-order valence-electron chi connectivity index (χ3n) is 1.86. The molecule has 0 bridgehead atoms. The number of benzene rings is 1. The lowest BCUT2D eigenvalue weighted by Gasteiger charge is -2.02. The molecule has 13 heavy (non-hydrogen) atoms. The minimum absolute atomic E-state index is 0.670. The van der Waals surface area contributed by atoms with Crippen LogP contribution in [0.15, 0.2) is 42.9 Å². The fourth-order valence-corrected chi connectivity index (χ4v) is 1.36. The summed E-state index contributed by atoms with van der Waals surface area (Å²) in [5.41, 5.74) is 1.22. The number of nitrogens with zero attached hydrogens (tertiary/aromatic N) is 2. The Kier molecular flexibility index (Phi) is 2.32. The van der Waals surface area contributed by atoms with E-state index >= 15 is 0 Å². The van der Waals surface area contributed by atoms with Crippen LogP contribution in [0, 0.1) is 0 Å². The van der Waals surface area contributed by atoms with Gasteiger partial charge in [0.2, 0.25) is 0 Å². The molecule has 0 atom stereocenters. The Balaban J connectivity index is 2.20. The molecule has 0 aliphatic rings. The van der Waals surface area contributed by atoms with E-state index in [1.54, 1.807) is 12.5 Å². The van der Waals surface area contributed by atoms with Crippen LogP contribution in [0.5, 0.6) is 0 Å². The molecule has 2 aromatic rings. The van der Waals surface area contributed by atoms with Gasteiger partial charge in [0, 0.05) is 6.54 Å². The first-order valence-electron chi connectivity index (χ1n) is 4.06. The highest BCUT2D eigenvalue weighted by atomic mass is 35.5. The molecule has 2 rings (SSSR count). The third-order valence-corrected chi connectivity index (χ3v) is 2.17. The second kappa shape index (κ2) is 3.62. The molecule has 1 aromatic carbocycles. The number of aromatic nitrogens is 2. The van der Waals surface area contributed by atoms with E-state index < -0.39 is 0 Å². The lowest BCUT2D eigenvalue weighted by atomic mass is 10.2. The van der Waals surface area contributed by atoms with Crippen LogP contribution in [0.25, 0.3) is 0 Å². The lowest BCUT2D eigenvalue weighted by Crippen LogP contribution is -1.97. The maximum absolute atomic E-state index is 5.89. The van der Waals surface area contributed by atoms with Gasteiger partial charge < -0.3 is 4.57 Å². The van der Waals surface area contributed by atoms with Gasteiger partial charge >= 0.3 is 0 Å². The lowest BCUT2D eigenvalue weighted by molar-refractivity contribution is 0.798. The molecule has 0 aliphatic carbocycles. The van der Waals surface area contributed by atoms with E-state index in [4.69, 9.17) is 11.6 Å². The molecular weight excluding hydrogens is 184 g/mol. The van der Waals surface area contributed by atoms with Crippen molar-refractivity contribution in [2.75, 3.05) is 0 Å². The summed E-state index contributed by atoms with van der Waals surface area (Å²) in [5.74, 6) is 0. The zero-order valence-corrected chi connectivity index (χ0v) is 7.78. The molecule has 0 fully saturated rings. The van der Waals surface area contributed by atoms with Crippen molar-refractivity contribution in [2.24, 2.45) is 0 Å². The topological polar surface area (TPSA) is 17.8 Å². The Labute approximate surface area is 81.8 Å². The first-order valence-corrected chi connectivity index (χ1v) is 4.43. The van der Waals surface area contributed by atoms with Gasteiger partial charge in [-0.25, -0.2) is 4.98 Å². The van der Waals surface area contributed by atoms with Crippen molar-refractivity contribution < 1.29 is 0 Å². The van der Waals surface area contributed by atoms with Crippen LogP contribution in [0.3, 0.4) is 0 Å². The summed E-state index contributed by atoms with van der Waals surface area (Å²) in [6, 6.07) is 10.2. The van der Waals surface area contributed by atoms with Crippen molar-refractivity contribution in [1.82, 2.24) is 9.55 Å². The SMILES string of the molecule is Clc1cncn1Cc1ccccc1. The molecule has 1 heterocycles. The minimum atomic E-state index is 0.670. The number of halogens is 1. The van der Waals surface area contributed by atoms with Crippen LogP contribution in [0.1, 0.15) is 5.56 Å². The van der Waals surface area contributed by atoms with Crippen molar-refractivity contribution in [3.63, 3.8) is 0 Å². The fraction of sp³-hybridized carbons (Fsp3) is 0.100. The van der Waals surface area contributed by atoms with E-state index in [2.05, 4.69) is 17.1 Å². The Morgan fingerprint density at radius 2 is 2.00 bits per heavy atom. The van der Waals surface area contributed by atoms with Gasteiger partial charge in [-0.05, 0) is 5.56 Å². The quantitative estimate of drug-likeness (QED) is 0.715. The zero-order valence-electron chi connectivity index (χ0n) is 7.02. The van der Waals surface area contributed by atoms with E-state index in [0.29, 0.717) is 5.15 Å². The molecule has 0 amide bonds. The standard InChI is InChI=1S/C10H9ClN2/c11-10-6-12-8-13(10)7-9-4-2-1-3-5-9/h1-6,8H,7H2. The number of hydrogen-bond acceptors (Lipinski definition) is 1. The molecule has 3 heteroatoms. The summed E-state index contributed by atoms with van der Waals surface area (Å²) in [4.78, 5) is 3.95. The van der Waals surface area contributed by atoms with Gasteiger partial charge in [-0.3, -0.25) is 0 Å². The summed E-state index contributed by atoms with van der Waals surface area (Å²) in [6.07, 6.45) is 3.37. The molecule has 0 aliphatic heterocycles. The fourth-order valence-electron chi connectivity index (χ4n) is 1.20.